The molecule has 1 unspecified atom stereocenters. The lowest BCUT2D eigenvalue weighted by Gasteiger charge is -2.08. The normalized spacial score (nSPS) is 11.7. The van der Waals surface area contributed by atoms with Crippen LogP contribution < -0.4 is 16.4 Å². The molecular formula is C11H17N5O2. The first-order valence-corrected chi connectivity index (χ1v) is 5.47. The van der Waals surface area contributed by atoms with E-state index in [0.717, 1.165) is 0 Å². The van der Waals surface area contributed by atoms with Crippen molar-refractivity contribution in [3.8, 4) is 0 Å². The number of likely N-dealkylation sites (N-methyl/N-ethyl adjacent to an activating group) is 1. The van der Waals surface area contributed by atoms with Crippen LogP contribution in [0.2, 0.25) is 0 Å². The third-order valence-electron chi connectivity index (χ3n) is 2.24. The highest BCUT2D eigenvalue weighted by Crippen LogP contribution is 2.05. The van der Waals surface area contributed by atoms with E-state index in [9.17, 15) is 9.59 Å². The molecule has 1 rings (SSSR count). The highest BCUT2D eigenvalue weighted by Gasteiger charge is 2.12. The van der Waals surface area contributed by atoms with Crippen LogP contribution in [0.1, 0.15) is 6.42 Å². The Morgan fingerprint density at radius 3 is 3.00 bits per heavy atom. The Balaban J connectivity index is 2.55. The molecule has 98 valence electrons. The van der Waals surface area contributed by atoms with Gasteiger partial charge in [-0.15, -0.1) is 6.58 Å². The van der Waals surface area contributed by atoms with Gasteiger partial charge in [0.25, 0.3) is 0 Å². The Bertz CT molecular complexity index is 440. The summed E-state index contributed by atoms with van der Waals surface area (Å²) in [6, 6.07) is -0.634. The predicted octanol–water partition coefficient (Wildman–Crippen LogP) is -0.529. The van der Waals surface area contributed by atoms with Gasteiger partial charge in [0.15, 0.2) is 0 Å². The van der Waals surface area contributed by atoms with Gasteiger partial charge in [-0.3, -0.25) is 14.3 Å². The Labute approximate surface area is 105 Å². The van der Waals surface area contributed by atoms with E-state index in [1.165, 1.54) is 10.9 Å². The Kier molecular flexibility index (Phi) is 5.06. The van der Waals surface area contributed by atoms with Gasteiger partial charge in [0.2, 0.25) is 11.8 Å². The van der Waals surface area contributed by atoms with Gasteiger partial charge in [-0.1, -0.05) is 6.08 Å². The van der Waals surface area contributed by atoms with E-state index in [0.29, 0.717) is 12.1 Å². The molecule has 2 amide bonds. The molecule has 0 aliphatic carbocycles. The molecule has 4 N–H and O–H groups in total. The molecule has 0 saturated heterocycles. The van der Waals surface area contributed by atoms with E-state index < -0.39 is 6.04 Å². The van der Waals surface area contributed by atoms with Gasteiger partial charge in [0, 0.05) is 13.2 Å². The third-order valence-corrected chi connectivity index (χ3v) is 2.24. The summed E-state index contributed by atoms with van der Waals surface area (Å²) in [5, 5.41) is 9.03. The van der Waals surface area contributed by atoms with Gasteiger partial charge in [0.05, 0.1) is 17.9 Å². The standard InChI is InChI=1S/C11H17N5O2/c1-3-4-9(12)11(18)15-8-5-14-16(6-8)7-10(17)13-2/h3,5-6,9H,1,4,7,12H2,2H3,(H,13,17)(H,15,18). The molecule has 0 aliphatic rings. The number of hydrogen-bond donors (Lipinski definition) is 3. The molecule has 7 heteroatoms. The van der Waals surface area contributed by atoms with Crippen LogP contribution in [0, 0.1) is 0 Å². The van der Waals surface area contributed by atoms with Crippen molar-refractivity contribution in [3.05, 3.63) is 25.0 Å². The molecule has 1 aromatic heterocycles. The second-order valence-corrected chi connectivity index (χ2v) is 3.72. The second kappa shape index (κ2) is 6.55. The van der Waals surface area contributed by atoms with Crippen molar-refractivity contribution < 1.29 is 9.59 Å². The smallest absolute Gasteiger partial charge is 0.241 e. The molecular weight excluding hydrogens is 234 g/mol. The van der Waals surface area contributed by atoms with Crippen molar-refractivity contribution in [1.29, 1.82) is 0 Å². The molecule has 0 radical (unpaired) electrons. The lowest BCUT2D eigenvalue weighted by Crippen LogP contribution is -2.34. The van der Waals surface area contributed by atoms with E-state index in [2.05, 4.69) is 22.3 Å². The molecule has 1 atom stereocenters. The number of nitrogens with one attached hydrogen (secondary N) is 2. The molecule has 0 spiro atoms. The highest BCUT2D eigenvalue weighted by molar-refractivity contribution is 5.94. The van der Waals surface area contributed by atoms with Gasteiger partial charge in [-0.2, -0.15) is 5.10 Å². The molecule has 0 aromatic carbocycles. The lowest BCUT2D eigenvalue weighted by molar-refractivity contribution is -0.121. The third kappa shape index (κ3) is 4.02. The minimum absolute atomic E-state index is 0.102. The van der Waals surface area contributed by atoms with Gasteiger partial charge in [-0.05, 0) is 6.42 Å². The first kappa shape index (κ1) is 13.9. The molecule has 0 fully saturated rings. The largest absolute Gasteiger partial charge is 0.358 e. The second-order valence-electron chi connectivity index (χ2n) is 3.72. The Morgan fingerprint density at radius 2 is 2.39 bits per heavy atom. The number of rotatable bonds is 6. The first-order chi connectivity index (χ1) is 8.56. The molecule has 0 saturated carbocycles. The summed E-state index contributed by atoms with van der Waals surface area (Å²) in [7, 11) is 1.54. The molecule has 7 nitrogen and oxygen atoms in total. The Hall–Kier alpha value is -2.15. The summed E-state index contributed by atoms with van der Waals surface area (Å²) in [6.45, 7) is 3.62. The minimum Gasteiger partial charge on any atom is -0.358 e. The quantitative estimate of drug-likeness (QED) is 0.591. The fraction of sp³-hybridized carbons (Fsp3) is 0.364. The maximum absolute atomic E-state index is 11.6. The highest BCUT2D eigenvalue weighted by atomic mass is 16.2. The van der Waals surface area contributed by atoms with Crippen molar-refractivity contribution in [2.75, 3.05) is 12.4 Å². The molecule has 18 heavy (non-hydrogen) atoms. The van der Waals surface area contributed by atoms with Crippen molar-refractivity contribution in [2.45, 2.75) is 19.0 Å². The Morgan fingerprint density at radius 1 is 1.67 bits per heavy atom. The summed E-state index contributed by atoms with van der Waals surface area (Å²) in [5.41, 5.74) is 6.11. The SMILES string of the molecule is C=CCC(N)C(=O)Nc1cnn(CC(=O)NC)c1. The number of amides is 2. The number of nitrogens with two attached hydrogens (primary N) is 1. The van der Waals surface area contributed by atoms with Crippen molar-refractivity contribution in [1.82, 2.24) is 15.1 Å². The number of hydrogen-bond acceptors (Lipinski definition) is 4. The van der Waals surface area contributed by atoms with Crippen LogP contribution in [0.4, 0.5) is 5.69 Å². The summed E-state index contributed by atoms with van der Waals surface area (Å²) in [4.78, 5) is 22.7. The fourth-order valence-corrected chi connectivity index (χ4v) is 1.26. The zero-order chi connectivity index (χ0) is 13.5. The summed E-state index contributed by atoms with van der Waals surface area (Å²) < 4.78 is 1.42. The van der Waals surface area contributed by atoms with Gasteiger partial charge < -0.3 is 16.4 Å². The number of anilines is 1. The summed E-state index contributed by atoms with van der Waals surface area (Å²) >= 11 is 0. The van der Waals surface area contributed by atoms with E-state index in [4.69, 9.17) is 5.73 Å². The van der Waals surface area contributed by atoms with Gasteiger partial charge in [0.1, 0.15) is 6.54 Å². The number of nitrogens with zero attached hydrogens (tertiary/aromatic N) is 2. The fourth-order valence-electron chi connectivity index (χ4n) is 1.26. The van der Waals surface area contributed by atoms with E-state index in [1.54, 1.807) is 19.3 Å². The summed E-state index contributed by atoms with van der Waals surface area (Å²) in [5.74, 6) is -0.478. The van der Waals surface area contributed by atoms with Crippen LogP contribution in [-0.4, -0.2) is 34.7 Å². The predicted molar refractivity (Wildman–Crippen MR) is 67.7 cm³/mol. The van der Waals surface area contributed by atoms with E-state index >= 15 is 0 Å². The van der Waals surface area contributed by atoms with Crippen LogP contribution in [0.3, 0.4) is 0 Å². The molecule has 1 heterocycles. The van der Waals surface area contributed by atoms with Gasteiger partial charge >= 0.3 is 0 Å². The average Bonchev–Trinajstić information content (AvgIpc) is 2.76. The van der Waals surface area contributed by atoms with Crippen LogP contribution >= 0.6 is 0 Å². The molecule has 1 aromatic rings. The minimum atomic E-state index is -0.634. The van der Waals surface area contributed by atoms with E-state index in [1.807, 2.05) is 0 Å². The van der Waals surface area contributed by atoms with Crippen molar-refractivity contribution in [2.24, 2.45) is 5.73 Å². The lowest BCUT2D eigenvalue weighted by atomic mass is 10.2. The molecule has 0 aliphatic heterocycles. The zero-order valence-electron chi connectivity index (χ0n) is 10.2. The number of aromatic nitrogens is 2. The number of carbonyl (C=O) groups is 2. The average molecular weight is 251 g/mol. The summed E-state index contributed by atoms with van der Waals surface area (Å²) in [6.07, 6.45) is 5.01. The maximum atomic E-state index is 11.6. The van der Waals surface area contributed by atoms with Crippen LogP contribution in [0.25, 0.3) is 0 Å². The molecule has 0 bridgehead atoms. The van der Waals surface area contributed by atoms with Crippen LogP contribution in [0.15, 0.2) is 25.0 Å². The van der Waals surface area contributed by atoms with E-state index in [-0.39, 0.29) is 18.4 Å². The first-order valence-electron chi connectivity index (χ1n) is 5.47. The van der Waals surface area contributed by atoms with Crippen LogP contribution in [-0.2, 0) is 16.1 Å². The van der Waals surface area contributed by atoms with Crippen LogP contribution in [0.5, 0.6) is 0 Å². The maximum Gasteiger partial charge on any atom is 0.241 e. The topological polar surface area (TPSA) is 102 Å². The van der Waals surface area contributed by atoms with Crippen molar-refractivity contribution in [3.63, 3.8) is 0 Å². The van der Waals surface area contributed by atoms with Crippen molar-refractivity contribution >= 4 is 17.5 Å². The monoisotopic (exact) mass is 251 g/mol. The van der Waals surface area contributed by atoms with Gasteiger partial charge in [-0.25, -0.2) is 0 Å². The number of carbonyl (C=O) groups excluding carboxylic acids is 2. The zero-order valence-corrected chi connectivity index (χ0v) is 10.2.